The van der Waals surface area contributed by atoms with Gasteiger partial charge in [0.2, 0.25) is 0 Å². The summed E-state index contributed by atoms with van der Waals surface area (Å²) in [7, 11) is 5.40. The molecule has 0 saturated carbocycles. The molecule has 2 rings (SSSR count). The van der Waals surface area contributed by atoms with Gasteiger partial charge in [0.15, 0.2) is 0 Å². The van der Waals surface area contributed by atoms with E-state index in [2.05, 4.69) is 15.5 Å². The van der Waals surface area contributed by atoms with Crippen LogP contribution in [0.4, 0.5) is 0 Å². The Bertz CT molecular complexity index is 363. The molecular weight excluding hydrogens is 337 g/mol. The normalized spacial score (nSPS) is 30.1. The molecule has 0 spiro atoms. The summed E-state index contributed by atoms with van der Waals surface area (Å²) in [6.45, 7) is 9.82. The number of hydrogen-bond donors (Lipinski definition) is 2. The summed E-state index contributed by atoms with van der Waals surface area (Å²) in [5.41, 5.74) is 0. The number of morpholine rings is 1. The third-order valence-electron chi connectivity index (χ3n) is 4.92. The van der Waals surface area contributed by atoms with E-state index >= 15 is 0 Å². The highest BCUT2D eigenvalue weighted by atomic mass is 16.6. The van der Waals surface area contributed by atoms with E-state index in [1.807, 2.05) is 7.85 Å². The Labute approximate surface area is 158 Å². The third kappa shape index (κ3) is 7.40. The van der Waals surface area contributed by atoms with Gasteiger partial charge in [0.1, 0.15) is 26.2 Å². The summed E-state index contributed by atoms with van der Waals surface area (Å²) >= 11 is 0. The Morgan fingerprint density at radius 3 is 2.46 bits per heavy atom. The van der Waals surface area contributed by atoms with Crippen molar-refractivity contribution in [3.05, 3.63) is 0 Å². The van der Waals surface area contributed by atoms with Crippen LogP contribution in [0.2, 0.25) is 0 Å². The summed E-state index contributed by atoms with van der Waals surface area (Å²) in [5.74, 6) is 0. The van der Waals surface area contributed by atoms with Crippen molar-refractivity contribution in [2.75, 3.05) is 86.5 Å². The minimum absolute atomic E-state index is 0.0157. The molecule has 152 valence electrons. The summed E-state index contributed by atoms with van der Waals surface area (Å²) < 4.78 is 28.0. The average Bonchev–Trinajstić information content (AvgIpc) is 2.96. The van der Waals surface area contributed by atoms with Crippen molar-refractivity contribution in [3.8, 4) is 0 Å². The molecule has 2 heterocycles. The Kier molecular flexibility index (Phi) is 11.0. The maximum atomic E-state index is 6.00. The minimum atomic E-state index is -0.0770. The van der Waals surface area contributed by atoms with Gasteiger partial charge in [-0.2, -0.15) is 0 Å². The first-order chi connectivity index (χ1) is 12.8. The van der Waals surface area contributed by atoms with E-state index < -0.39 is 0 Å². The molecule has 26 heavy (non-hydrogen) atoms. The molecule has 8 nitrogen and oxygen atoms in total. The first-order valence-electron chi connectivity index (χ1n) is 9.76. The van der Waals surface area contributed by atoms with Gasteiger partial charge >= 0.3 is 0 Å². The number of nitrogens with one attached hydrogen (secondary N) is 2. The van der Waals surface area contributed by atoms with Crippen molar-refractivity contribution >= 4 is 7.85 Å². The van der Waals surface area contributed by atoms with Gasteiger partial charge in [0, 0.05) is 60.0 Å². The first-order valence-corrected chi connectivity index (χ1v) is 9.76. The highest BCUT2D eigenvalue weighted by Gasteiger charge is 2.43. The summed E-state index contributed by atoms with van der Waals surface area (Å²) in [6.07, 6.45) is -0.186. The zero-order valence-electron chi connectivity index (χ0n) is 16.6. The highest BCUT2D eigenvalue weighted by Crippen LogP contribution is 2.24. The highest BCUT2D eigenvalue weighted by molar-refractivity contribution is 6.11. The quantitative estimate of drug-likeness (QED) is 0.281. The Balaban J connectivity index is 1.45. The summed E-state index contributed by atoms with van der Waals surface area (Å²) in [5, 5.41) is 6.87. The van der Waals surface area contributed by atoms with E-state index in [1.54, 1.807) is 14.2 Å². The Morgan fingerprint density at radius 1 is 1.04 bits per heavy atom. The van der Waals surface area contributed by atoms with E-state index in [-0.39, 0.29) is 24.3 Å². The van der Waals surface area contributed by atoms with Gasteiger partial charge in [0.05, 0.1) is 32.4 Å². The fourth-order valence-corrected chi connectivity index (χ4v) is 3.48. The van der Waals surface area contributed by atoms with Gasteiger partial charge < -0.3 is 34.3 Å². The molecule has 2 fully saturated rings. The van der Waals surface area contributed by atoms with Gasteiger partial charge in [-0.3, -0.25) is 4.90 Å². The lowest BCUT2D eigenvalue weighted by Crippen LogP contribution is -2.41. The number of hydrogen-bond acceptors (Lipinski definition) is 8. The molecule has 0 aromatic carbocycles. The van der Waals surface area contributed by atoms with Crippen LogP contribution >= 0.6 is 0 Å². The Hall–Kier alpha value is -0.255. The van der Waals surface area contributed by atoms with Crippen LogP contribution in [0, 0.1) is 0 Å². The van der Waals surface area contributed by atoms with Crippen molar-refractivity contribution in [2.45, 2.75) is 24.3 Å². The molecule has 0 radical (unpaired) electrons. The predicted molar refractivity (Wildman–Crippen MR) is 103 cm³/mol. The van der Waals surface area contributed by atoms with Crippen molar-refractivity contribution < 1.29 is 23.7 Å². The van der Waals surface area contributed by atoms with Crippen molar-refractivity contribution in [2.24, 2.45) is 0 Å². The standard InChI is InChI=1S/C17H36BN3O5/c1-22-13-14-15(23-2)16(17(18)26-14)25-10-6-20-4-3-19-5-7-21-8-11-24-12-9-21/h14-17,19-20H,3-13,18H2,1-2H3/t14-,15?,16+,17-/m1/s1. The number of ether oxygens (including phenoxy) is 5. The molecule has 2 aliphatic rings. The number of nitrogens with zero attached hydrogens (tertiary/aromatic N) is 1. The smallest absolute Gasteiger partial charge is 0.142 e. The monoisotopic (exact) mass is 373 g/mol. The van der Waals surface area contributed by atoms with E-state index in [9.17, 15) is 0 Å². The van der Waals surface area contributed by atoms with Crippen molar-refractivity contribution in [1.29, 1.82) is 0 Å². The van der Waals surface area contributed by atoms with Crippen LogP contribution in [0.15, 0.2) is 0 Å². The first kappa shape index (κ1) is 22.0. The van der Waals surface area contributed by atoms with Crippen LogP contribution in [-0.2, 0) is 23.7 Å². The second-order valence-corrected chi connectivity index (χ2v) is 6.82. The molecule has 0 aliphatic carbocycles. The van der Waals surface area contributed by atoms with Crippen LogP contribution in [0.3, 0.4) is 0 Å². The fraction of sp³-hybridized carbons (Fsp3) is 1.00. The van der Waals surface area contributed by atoms with E-state index in [1.165, 1.54) is 0 Å². The predicted octanol–water partition coefficient (Wildman–Crippen LogP) is -2.10. The maximum Gasteiger partial charge on any atom is 0.142 e. The van der Waals surface area contributed by atoms with Crippen LogP contribution in [0.25, 0.3) is 0 Å². The van der Waals surface area contributed by atoms with Gasteiger partial charge in [-0.05, 0) is 0 Å². The zero-order chi connectivity index (χ0) is 18.6. The van der Waals surface area contributed by atoms with Crippen LogP contribution in [0.5, 0.6) is 0 Å². The summed E-state index contributed by atoms with van der Waals surface area (Å²) in [6, 6.07) is 0.0157. The third-order valence-corrected chi connectivity index (χ3v) is 4.92. The van der Waals surface area contributed by atoms with Gasteiger partial charge in [0.25, 0.3) is 0 Å². The fourth-order valence-electron chi connectivity index (χ4n) is 3.48. The zero-order valence-corrected chi connectivity index (χ0v) is 16.6. The van der Waals surface area contributed by atoms with Gasteiger partial charge in [-0.25, -0.2) is 0 Å². The molecule has 2 aliphatic heterocycles. The molecule has 4 atom stereocenters. The van der Waals surface area contributed by atoms with Gasteiger partial charge in [-0.1, -0.05) is 0 Å². The van der Waals surface area contributed by atoms with E-state index in [0.29, 0.717) is 13.2 Å². The second-order valence-electron chi connectivity index (χ2n) is 6.82. The average molecular weight is 373 g/mol. The molecular formula is C17H36BN3O5. The number of methoxy groups -OCH3 is 2. The van der Waals surface area contributed by atoms with Crippen LogP contribution in [-0.4, -0.2) is 124 Å². The lowest BCUT2D eigenvalue weighted by Gasteiger charge is -2.26. The molecule has 0 bridgehead atoms. The topological polar surface area (TPSA) is 73.5 Å². The summed E-state index contributed by atoms with van der Waals surface area (Å²) in [4.78, 5) is 2.44. The molecule has 2 saturated heterocycles. The molecule has 9 heteroatoms. The second kappa shape index (κ2) is 13.0. The minimum Gasteiger partial charge on any atom is -0.382 e. The molecule has 0 aromatic heterocycles. The lowest BCUT2D eigenvalue weighted by atomic mass is 9.93. The molecule has 0 amide bonds. The Morgan fingerprint density at radius 2 is 1.77 bits per heavy atom. The SMILES string of the molecule is B[C@@H]1O[C@H](COC)C(OC)[C@@H]1OCCNCCNCCN1CCOCC1. The lowest BCUT2D eigenvalue weighted by molar-refractivity contribution is -0.0550. The van der Waals surface area contributed by atoms with Crippen molar-refractivity contribution in [1.82, 2.24) is 15.5 Å². The van der Waals surface area contributed by atoms with E-state index in [0.717, 1.165) is 59.0 Å². The molecule has 2 N–H and O–H groups in total. The largest absolute Gasteiger partial charge is 0.382 e. The maximum absolute atomic E-state index is 6.00. The number of rotatable bonds is 13. The molecule has 1 unspecified atom stereocenters. The van der Waals surface area contributed by atoms with E-state index in [4.69, 9.17) is 23.7 Å². The van der Waals surface area contributed by atoms with Crippen molar-refractivity contribution in [3.63, 3.8) is 0 Å². The van der Waals surface area contributed by atoms with Crippen LogP contribution in [0.1, 0.15) is 0 Å². The van der Waals surface area contributed by atoms with Crippen LogP contribution < -0.4 is 10.6 Å². The molecule has 0 aromatic rings. The van der Waals surface area contributed by atoms with Gasteiger partial charge in [-0.15, -0.1) is 0 Å².